The van der Waals surface area contributed by atoms with Crippen molar-refractivity contribution in [3.8, 4) is 33.9 Å². The van der Waals surface area contributed by atoms with Gasteiger partial charge in [0.1, 0.15) is 0 Å². The van der Waals surface area contributed by atoms with Crippen molar-refractivity contribution in [3.63, 3.8) is 0 Å². The van der Waals surface area contributed by atoms with Crippen LogP contribution < -0.4 is 0 Å². The minimum absolute atomic E-state index is 0.180. The van der Waals surface area contributed by atoms with Gasteiger partial charge in [0.25, 0.3) is 0 Å². The van der Waals surface area contributed by atoms with Gasteiger partial charge in [-0.2, -0.15) is 9.97 Å². The molecule has 0 bridgehead atoms. The average Bonchev–Trinajstić information content (AvgIpc) is 2.95. The van der Waals surface area contributed by atoms with E-state index < -0.39 is 0 Å². The van der Waals surface area contributed by atoms with Crippen molar-refractivity contribution in [2.24, 2.45) is 0 Å². The highest BCUT2D eigenvalue weighted by molar-refractivity contribution is 6.28. The van der Waals surface area contributed by atoms with Crippen molar-refractivity contribution in [2.45, 2.75) is 0 Å². The molecule has 1 heterocycles. The van der Waals surface area contributed by atoms with Crippen LogP contribution in [0.15, 0.2) is 121 Å². The Labute approximate surface area is 219 Å². The average molecular weight is 494 g/mol. The zero-order valence-electron chi connectivity index (χ0n) is 19.8. The molecule has 0 N–H and O–H groups in total. The maximum Gasteiger partial charge on any atom is 0.226 e. The Hall–Kier alpha value is -4.60. The van der Waals surface area contributed by atoms with Gasteiger partial charge in [-0.15, -0.1) is 0 Å². The molecular formula is C33H20ClN3. The van der Waals surface area contributed by atoms with Crippen LogP contribution in [0.2, 0.25) is 5.28 Å². The van der Waals surface area contributed by atoms with Gasteiger partial charge in [0, 0.05) is 11.1 Å². The van der Waals surface area contributed by atoms with Crippen molar-refractivity contribution in [1.29, 1.82) is 0 Å². The van der Waals surface area contributed by atoms with Crippen LogP contribution in [-0.4, -0.2) is 15.0 Å². The van der Waals surface area contributed by atoms with Crippen LogP contribution in [0.5, 0.6) is 0 Å². The third-order valence-electron chi connectivity index (χ3n) is 6.81. The number of hydrogen-bond donors (Lipinski definition) is 0. The molecule has 0 atom stereocenters. The van der Waals surface area contributed by atoms with Crippen LogP contribution in [0.25, 0.3) is 66.2 Å². The van der Waals surface area contributed by atoms with E-state index in [1.165, 1.54) is 27.3 Å². The molecule has 0 saturated heterocycles. The van der Waals surface area contributed by atoms with Crippen molar-refractivity contribution in [3.05, 3.63) is 127 Å². The van der Waals surface area contributed by atoms with Gasteiger partial charge in [-0.3, -0.25) is 0 Å². The molecule has 7 rings (SSSR count). The first-order valence-corrected chi connectivity index (χ1v) is 12.5. The summed E-state index contributed by atoms with van der Waals surface area (Å²) in [5, 5.41) is 7.25. The Bertz CT molecular complexity index is 1960. The molecule has 0 aliphatic carbocycles. The summed E-state index contributed by atoms with van der Waals surface area (Å²) in [6.07, 6.45) is 0. The molecule has 0 radical (unpaired) electrons. The first kappa shape index (κ1) is 21.7. The summed E-state index contributed by atoms with van der Waals surface area (Å²) < 4.78 is 0. The Balaban J connectivity index is 1.29. The fourth-order valence-corrected chi connectivity index (χ4v) is 5.13. The van der Waals surface area contributed by atoms with E-state index in [2.05, 4.69) is 107 Å². The van der Waals surface area contributed by atoms with Crippen molar-refractivity contribution < 1.29 is 0 Å². The van der Waals surface area contributed by atoms with E-state index in [0.717, 1.165) is 27.3 Å². The van der Waals surface area contributed by atoms with E-state index in [0.29, 0.717) is 11.6 Å². The van der Waals surface area contributed by atoms with Gasteiger partial charge < -0.3 is 0 Å². The van der Waals surface area contributed by atoms with E-state index >= 15 is 0 Å². The molecule has 6 aromatic carbocycles. The van der Waals surface area contributed by atoms with Gasteiger partial charge in [-0.1, -0.05) is 103 Å². The molecule has 3 nitrogen and oxygen atoms in total. The summed E-state index contributed by atoms with van der Waals surface area (Å²) in [6, 6.07) is 42.2. The number of hydrogen-bond acceptors (Lipinski definition) is 3. The van der Waals surface area contributed by atoms with E-state index in [9.17, 15) is 0 Å². The monoisotopic (exact) mass is 493 g/mol. The molecule has 37 heavy (non-hydrogen) atoms. The van der Waals surface area contributed by atoms with E-state index in [1.54, 1.807) is 0 Å². The SMILES string of the molecule is Clc1nc(-c2ccc3ccccc3c2)nc(-c2ccc3cc(-c4cccc5ccccc45)ccc3c2)n1. The topological polar surface area (TPSA) is 38.7 Å². The number of benzene rings is 6. The highest BCUT2D eigenvalue weighted by Gasteiger charge is 2.11. The number of halogens is 1. The summed E-state index contributed by atoms with van der Waals surface area (Å²) in [5.41, 5.74) is 4.23. The molecule has 174 valence electrons. The first-order chi connectivity index (χ1) is 18.2. The predicted molar refractivity (Wildman–Crippen MR) is 154 cm³/mol. The van der Waals surface area contributed by atoms with Crippen LogP contribution in [0, 0.1) is 0 Å². The predicted octanol–water partition coefficient (Wildman–Crippen LogP) is 8.99. The molecule has 1 aromatic heterocycles. The van der Waals surface area contributed by atoms with Gasteiger partial charge in [0.2, 0.25) is 5.28 Å². The van der Waals surface area contributed by atoms with Gasteiger partial charge in [-0.05, 0) is 73.2 Å². The van der Waals surface area contributed by atoms with Crippen LogP contribution in [0.4, 0.5) is 0 Å². The lowest BCUT2D eigenvalue weighted by Gasteiger charge is -2.10. The quantitative estimate of drug-likeness (QED) is 0.246. The smallest absolute Gasteiger partial charge is 0.208 e. The summed E-state index contributed by atoms with van der Waals surface area (Å²) in [7, 11) is 0. The Morgan fingerprint density at radius 1 is 0.405 bits per heavy atom. The maximum atomic E-state index is 6.36. The second-order valence-electron chi connectivity index (χ2n) is 9.12. The van der Waals surface area contributed by atoms with E-state index in [4.69, 9.17) is 16.6 Å². The fourth-order valence-electron chi connectivity index (χ4n) is 4.97. The summed E-state index contributed by atoms with van der Waals surface area (Å²) in [6.45, 7) is 0. The number of fused-ring (bicyclic) bond motifs is 3. The standard InChI is InChI=1S/C33H20ClN3/c34-33-36-31(27-16-12-21-6-1-2-8-23(21)19-27)35-32(37-33)28-17-14-24-18-26(15-13-25(24)20-28)30-11-5-9-22-7-3-4-10-29(22)30/h1-20H. The molecular weight excluding hydrogens is 474 g/mol. The lowest BCUT2D eigenvalue weighted by atomic mass is 9.96. The molecule has 0 spiro atoms. The van der Waals surface area contributed by atoms with Gasteiger partial charge in [0.15, 0.2) is 11.6 Å². The van der Waals surface area contributed by atoms with Crippen LogP contribution in [-0.2, 0) is 0 Å². The highest BCUT2D eigenvalue weighted by atomic mass is 35.5. The first-order valence-electron chi connectivity index (χ1n) is 12.1. The summed E-state index contributed by atoms with van der Waals surface area (Å²) >= 11 is 6.36. The van der Waals surface area contributed by atoms with Crippen LogP contribution in [0.3, 0.4) is 0 Å². The van der Waals surface area contributed by atoms with E-state index in [1.807, 2.05) is 24.3 Å². The van der Waals surface area contributed by atoms with Gasteiger partial charge >= 0.3 is 0 Å². The molecule has 0 fully saturated rings. The highest BCUT2D eigenvalue weighted by Crippen LogP contribution is 2.32. The second-order valence-corrected chi connectivity index (χ2v) is 9.46. The lowest BCUT2D eigenvalue weighted by molar-refractivity contribution is 1.07. The fraction of sp³-hybridized carbons (Fsp3) is 0. The molecule has 0 saturated carbocycles. The second kappa shape index (κ2) is 8.81. The third-order valence-corrected chi connectivity index (χ3v) is 6.98. The number of aromatic nitrogens is 3. The largest absolute Gasteiger partial charge is 0.226 e. The molecule has 0 aliphatic rings. The molecule has 0 aliphatic heterocycles. The van der Waals surface area contributed by atoms with Crippen molar-refractivity contribution in [1.82, 2.24) is 15.0 Å². The molecule has 0 amide bonds. The number of nitrogens with zero attached hydrogens (tertiary/aromatic N) is 3. The maximum absolute atomic E-state index is 6.36. The minimum atomic E-state index is 0.180. The Kier molecular flexibility index (Phi) is 5.16. The summed E-state index contributed by atoms with van der Waals surface area (Å²) in [4.78, 5) is 13.6. The number of rotatable bonds is 3. The third kappa shape index (κ3) is 4.00. The van der Waals surface area contributed by atoms with Crippen LogP contribution in [0.1, 0.15) is 0 Å². The molecule has 0 unspecified atom stereocenters. The van der Waals surface area contributed by atoms with Crippen molar-refractivity contribution in [2.75, 3.05) is 0 Å². The van der Waals surface area contributed by atoms with Crippen LogP contribution >= 0.6 is 11.6 Å². The molecule has 4 heteroatoms. The zero-order chi connectivity index (χ0) is 24.8. The Morgan fingerprint density at radius 3 is 1.65 bits per heavy atom. The Morgan fingerprint density at radius 2 is 0.919 bits per heavy atom. The van der Waals surface area contributed by atoms with E-state index in [-0.39, 0.29) is 5.28 Å². The normalized spacial score (nSPS) is 11.4. The summed E-state index contributed by atoms with van der Waals surface area (Å²) in [5.74, 6) is 1.12. The molecule has 7 aromatic rings. The van der Waals surface area contributed by atoms with Crippen molar-refractivity contribution >= 4 is 43.9 Å². The lowest BCUT2D eigenvalue weighted by Crippen LogP contribution is -1.97. The zero-order valence-corrected chi connectivity index (χ0v) is 20.5. The van der Waals surface area contributed by atoms with Gasteiger partial charge in [-0.25, -0.2) is 4.98 Å². The van der Waals surface area contributed by atoms with Gasteiger partial charge in [0.05, 0.1) is 0 Å². The minimum Gasteiger partial charge on any atom is -0.208 e.